The smallest absolute Gasteiger partial charge is 0.274 e. The molecule has 1 rings (SSSR count). The summed E-state index contributed by atoms with van der Waals surface area (Å²) < 4.78 is 24.7. The zero-order chi connectivity index (χ0) is 12.5. The Morgan fingerprint density at radius 1 is 1.62 bits per heavy atom. The Morgan fingerprint density at radius 3 is 2.56 bits per heavy atom. The zero-order valence-electron chi connectivity index (χ0n) is 7.29. The molecule has 0 amide bonds. The molecular formula is C7H2ClF2IN2O3. The summed E-state index contributed by atoms with van der Waals surface area (Å²) in [5.41, 5.74) is -2.11. The van der Waals surface area contributed by atoms with Gasteiger partial charge in [0.1, 0.15) is 11.3 Å². The van der Waals surface area contributed by atoms with Crippen molar-refractivity contribution in [1.82, 2.24) is 4.98 Å². The molecule has 0 fully saturated rings. The minimum Gasteiger partial charge on any atom is -0.274 e. The molecule has 5 nitrogen and oxygen atoms in total. The first-order valence-corrected chi connectivity index (χ1v) is 5.13. The first-order chi connectivity index (χ1) is 7.34. The highest BCUT2D eigenvalue weighted by molar-refractivity contribution is 14.1. The fraction of sp³-hybridized carbons (Fsp3) is 0.143. The van der Waals surface area contributed by atoms with Crippen molar-refractivity contribution in [2.24, 2.45) is 0 Å². The normalized spacial score (nSPS) is 10.6. The number of hydrogen-bond acceptors (Lipinski definition) is 4. The number of hydrogen-bond donors (Lipinski definition) is 0. The highest BCUT2D eigenvalue weighted by atomic mass is 127. The van der Waals surface area contributed by atoms with Crippen molar-refractivity contribution in [3.63, 3.8) is 0 Å². The maximum absolute atomic E-state index is 12.5. The molecule has 0 atom stereocenters. The second-order valence-corrected chi connectivity index (χ2v) is 3.93. The van der Waals surface area contributed by atoms with Gasteiger partial charge in [0.25, 0.3) is 11.7 Å². The van der Waals surface area contributed by atoms with Crippen LogP contribution in [0.2, 0.25) is 0 Å². The van der Waals surface area contributed by atoms with Gasteiger partial charge in [-0.1, -0.05) is 0 Å². The molecule has 1 aromatic rings. The van der Waals surface area contributed by atoms with Crippen LogP contribution in [0.3, 0.4) is 0 Å². The number of halogens is 4. The standard InChI is InChI=1S/C7H2ClF2IN2O3/c8-5(14)3-1-2(6(9)10)4(13(15)16)7(11)12-3/h1,6H. The molecule has 0 spiro atoms. The van der Waals surface area contributed by atoms with Crippen molar-refractivity contribution >= 4 is 45.1 Å². The molecule has 1 heterocycles. The van der Waals surface area contributed by atoms with E-state index in [9.17, 15) is 23.7 Å². The quantitative estimate of drug-likeness (QED) is 0.272. The van der Waals surface area contributed by atoms with E-state index in [4.69, 9.17) is 11.6 Å². The summed E-state index contributed by atoms with van der Waals surface area (Å²) in [6, 6.07) is 0.625. The van der Waals surface area contributed by atoms with E-state index in [0.717, 1.165) is 0 Å². The number of pyridine rings is 1. The van der Waals surface area contributed by atoms with Crippen LogP contribution < -0.4 is 0 Å². The second kappa shape index (κ2) is 4.95. The van der Waals surface area contributed by atoms with Crippen LogP contribution in [0, 0.1) is 13.8 Å². The van der Waals surface area contributed by atoms with Crippen LogP contribution in [0.25, 0.3) is 0 Å². The van der Waals surface area contributed by atoms with Crippen molar-refractivity contribution in [3.8, 4) is 0 Å². The molecular weight excluding hydrogens is 360 g/mol. The number of rotatable bonds is 3. The minimum atomic E-state index is -3.08. The van der Waals surface area contributed by atoms with Gasteiger partial charge in [-0.3, -0.25) is 14.9 Å². The van der Waals surface area contributed by atoms with E-state index < -0.39 is 33.5 Å². The summed E-state index contributed by atoms with van der Waals surface area (Å²) in [5.74, 6) is 0. The monoisotopic (exact) mass is 362 g/mol. The lowest BCUT2D eigenvalue weighted by atomic mass is 10.2. The number of nitro groups is 1. The van der Waals surface area contributed by atoms with Crippen molar-refractivity contribution in [2.45, 2.75) is 6.43 Å². The number of aromatic nitrogens is 1. The summed E-state index contributed by atoms with van der Waals surface area (Å²) in [5, 5.41) is 9.49. The van der Waals surface area contributed by atoms with Gasteiger partial charge in [-0.05, 0) is 40.3 Å². The van der Waals surface area contributed by atoms with Crippen LogP contribution in [0.4, 0.5) is 14.5 Å². The fourth-order valence-electron chi connectivity index (χ4n) is 0.974. The summed E-state index contributed by atoms with van der Waals surface area (Å²) in [6.07, 6.45) is -3.08. The molecule has 0 radical (unpaired) electrons. The average molecular weight is 362 g/mol. The first-order valence-electron chi connectivity index (χ1n) is 3.67. The minimum absolute atomic E-state index is 0.301. The molecule has 0 bridgehead atoms. The highest BCUT2D eigenvalue weighted by Gasteiger charge is 2.28. The highest BCUT2D eigenvalue weighted by Crippen LogP contribution is 2.32. The summed E-state index contributed by atoms with van der Waals surface area (Å²) >= 11 is 6.46. The summed E-state index contributed by atoms with van der Waals surface area (Å²) in [6.45, 7) is 0. The molecule has 0 unspecified atom stereocenters. The summed E-state index contributed by atoms with van der Waals surface area (Å²) in [7, 11) is 0. The number of carbonyl (C=O) groups excluding carboxylic acids is 1. The van der Waals surface area contributed by atoms with Crippen LogP contribution >= 0.6 is 34.2 Å². The molecule has 86 valence electrons. The molecule has 0 saturated carbocycles. The Bertz CT molecular complexity index is 469. The number of alkyl halides is 2. The number of carbonyl (C=O) groups is 1. The van der Waals surface area contributed by atoms with Crippen LogP contribution in [0.5, 0.6) is 0 Å². The van der Waals surface area contributed by atoms with Crippen LogP contribution in [0.1, 0.15) is 22.5 Å². The van der Waals surface area contributed by atoms with Gasteiger partial charge in [-0.25, -0.2) is 13.8 Å². The van der Waals surface area contributed by atoms with Gasteiger partial charge in [0.15, 0.2) is 3.70 Å². The van der Waals surface area contributed by atoms with Gasteiger partial charge in [0, 0.05) is 0 Å². The van der Waals surface area contributed by atoms with Crippen molar-refractivity contribution in [1.29, 1.82) is 0 Å². The van der Waals surface area contributed by atoms with E-state index in [0.29, 0.717) is 6.07 Å². The van der Waals surface area contributed by atoms with Gasteiger partial charge < -0.3 is 0 Å². The maximum Gasteiger partial charge on any atom is 0.309 e. The molecule has 16 heavy (non-hydrogen) atoms. The van der Waals surface area contributed by atoms with Gasteiger partial charge >= 0.3 is 5.69 Å². The van der Waals surface area contributed by atoms with E-state index in [1.54, 1.807) is 0 Å². The second-order valence-electron chi connectivity index (χ2n) is 2.57. The number of nitrogens with zero attached hydrogens (tertiary/aromatic N) is 2. The first kappa shape index (κ1) is 13.2. The maximum atomic E-state index is 12.5. The SMILES string of the molecule is O=C(Cl)c1cc(C(F)F)c([N+](=O)[O-])c(I)n1. The Morgan fingerprint density at radius 2 is 2.19 bits per heavy atom. The van der Waals surface area contributed by atoms with Gasteiger partial charge in [0.2, 0.25) is 0 Å². The third-order valence-corrected chi connectivity index (χ3v) is 2.54. The Hall–Kier alpha value is -0.900. The van der Waals surface area contributed by atoms with E-state index in [2.05, 4.69) is 4.98 Å². The fourth-order valence-corrected chi connectivity index (χ4v) is 1.84. The van der Waals surface area contributed by atoms with E-state index in [-0.39, 0.29) is 3.70 Å². The molecule has 9 heteroatoms. The van der Waals surface area contributed by atoms with E-state index >= 15 is 0 Å². The van der Waals surface area contributed by atoms with Gasteiger partial charge in [-0.2, -0.15) is 0 Å². The van der Waals surface area contributed by atoms with E-state index in [1.165, 1.54) is 22.6 Å². The molecule has 0 aliphatic rings. The topological polar surface area (TPSA) is 73.1 Å². The van der Waals surface area contributed by atoms with Crippen LogP contribution in [-0.2, 0) is 0 Å². The average Bonchev–Trinajstić information content (AvgIpc) is 2.15. The van der Waals surface area contributed by atoms with Gasteiger partial charge in [0.05, 0.1) is 4.92 Å². The predicted molar refractivity (Wildman–Crippen MR) is 58.7 cm³/mol. The third-order valence-electron chi connectivity index (χ3n) is 1.60. The van der Waals surface area contributed by atoms with Crippen molar-refractivity contribution < 1.29 is 18.5 Å². The summed E-state index contributed by atoms with van der Waals surface area (Å²) in [4.78, 5) is 23.8. The van der Waals surface area contributed by atoms with Gasteiger partial charge in [-0.15, -0.1) is 0 Å². The molecule has 0 N–H and O–H groups in total. The lowest BCUT2D eigenvalue weighted by Gasteiger charge is -2.04. The molecule has 0 aliphatic carbocycles. The molecule has 0 aliphatic heterocycles. The van der Waals surface area contributed by atoms with Crippen molar-refractivity contribution in [3.05, 3.63) is 31.1 Å². The van der Waals surface area contributed by atoms with Crippen LogP contribution in [0.15, 0.2) is 6.07 Å². The Kier molecular flexibility index (Phi) is 4.08. The van der Waals surface area contributed by atoms with Crippen LogP contribution in [-0.4, -0.2) is 15.1 Å². The zero-order valence-corrected chi connectivity index (χ0v) is 10.2. The Balaban J connectivity index is 3.51. The third kappa shape index (κ3) is 2.61. The molecule has 0 saturated heterocycles. The predicted octanol–water partition coefficient (Wildman–Crippen LogP) is 2.91. The van der Waals surface area contributed by atoms with E-state index in [1.807, 2.05) is 0 Å². The molecule has 0 aromatic carbocycles. The molecule has 1 aromatic heterocycles. The lowest BCUT2D eigenvalue weighted by molar-refractivity contribution is -0.387. The van der Waals surface area contributed by atoms with Crippen molar-refractivity contribution in [2.75, 3.05) is 0 Å². The Labute approximate surface area is 106 Å². The lowest BCUT2D eigenvalue weighted by Crippen LogP contribution is -2.05. The largest absolute Gasteiger partial charge is 0.309 e.